The number of nitrogens with two attached hydrogens (primary N) is 1. The Morgan fingerprint density at radius 2 is 2.44 bits per heavy atom. The van der Waals surface area contributed by atoms with Crippen molar-refractivity contribution in [2.24, 2.45) is 0 Å². The van der Waals surface area contributed by atoms with E-state index in [2.05, 4.69) is 10.3 Å². The highest BCUT2D eigenvalue weighted by Gasteiger charge is 2.32. The fourth-order valence-electron chi connectivity index (χ4n) is 1.69. The average Bonchev–Trinajstić information content (AvgIpc) is 2.67. The summed E-state index contributed by atoms with van der Waals surface area (Å²) in [5, 5.41) is 13.1. The number of hydrogen-bond acceptors (Lipinski definition) is 5. The maximum absolute atomic E-state index is 10.1. The Labute approximate surface area is 94.6 Å². The summed E-state index contributed by atoms with van der Waals surface area (Å²) in [5.74, 6) is 0.625. The molecule has 2 rings (SSSR count). The standard InChI is InChI=1S/C11H17N3O2/c1-8-2-3-9(12)10(14-8)13-6-11(15)4-5-16-7-11/h2-3,15H,4-7,12H2,1H3,(H,13,14). The predicted octanol–water partition coefficient (Wildman–Crippen LogP) is 0.536. The summed E-state index contributed by atoms with van der Waals surface area (Å²) in [7, 11) is 0. The number of nitrogens with one attached hydrogen (secondary N) is 1. The Morgan fingerprint density at radius 1 is 1.62 bits per heavy atom. The van der Waals surface area contributed by atoms with Gasteiger partial charge in [0.15, 0.2) is 0 Å². The molecule has 0 amide bonds. The number of nitrogen functional groups attached to an aromatic ring is 1. The van der Waals surface area contributed by atoms with Gasteiger partial charge in [0, 0.05) is 25.3 Å². The number of aliphatic hydroxyl groups is 1. The second-order valence-electron chi connectivity index (χ2n) is 4.27. The molecule has 1 aromatic heterocycles. The van der Waals surface area contributed by atoms with Crippen LogP contribution in [-0.4, -0.2) is 35.5 Å². The van der Waals surface area contributed by atoms with E-state index in [1.807, 2.05) is 13.0 Å². The first-order valence-corrected chi connectivity index (χ1v) is 5.36. The number of pyridine rings is 1. The van der Waals surface area contributed by atoms with Crippen LogP contribution >= 0.6 is 0 Å². The third-order valence-electron chi connectivity index (χ3n) is 2.73. The normalized spacial score (nSPS) is 24.6. The van der Waals surface area contributed by atoms with E-state index in [1.54, 1.807) is 6.07 Å². The second kappa shape index (κ2) is 4.27. The molecule has 16 heavy (non-hydrogen) atoms. The van der Waals surface area contributed by atoms with E-state index < -0.39 is 5.60 Å². The monoisotopic (exact) mass is 223 g/mol. The van der Waals surface area contributed by atoms with Crippen LogP contribution in [0.4, 0.5) is 11.5 Å². The summed E-state index contributed by atoms with van der Waals surface area (Å²) in [4.78, 5) is 4.28. The minimum absolute atomic E-state index is 0.367. The molecule has 0 aromatic carbocycles. The van der Waals surface area contributed by atoms with Crippen molar-refractivity contribution in [3.63, 3.8) is 0 Å². The molecule has 1 unspecified atom stereocenters. The van der Waals surface area contributed by atoms with Crippen LogP contribution in [-0.2, 0) is 4.74 Å². The minimum atomic E-state index is -0.794. The Hall–Kier alpha value is -1.33. The van der Waals surface area contributed by atoms with Crippen molar-refractivity contribution in [2.45, 2.75) is 18.9 Å². The van der Waals surface area contributed by atoms with Crippen LogP contribution in [0.2, 0.25) is 0 Å². The van der Waals surface area contributed by atoms with Gasteiger partial charge in [0.2, 0.25) is 0 Å². The molecule has 1 aromatic rings. The quantitative estimate of drug-likeness (QED) is 0.696. The molecule has 1 fully saturated rings. The Morgan fingerprint density at radius 3 is 3.12 bits per heavy atom. The average molecular weight is 223 g/mol. The van der Waals surface area contributed by atoms with Gasteiger partial charge in [-0.3, -0.25) is 0 Å². The van der Waals surface area contributed by atoms with Crippen molar-refractivity contribution in [1.82, 2.24) is 4.98 Å². The highest BCUT2D eigenvalue weighted by molar-refractivity contribution is 5.61. The smallest absolute Gasteiger partial charge is 0.149 e. The summed E-state index contributed by atoms with van der Waals surface area (Å²) in [6.07, 6.45) is 0.645. The molecule has 2 heterocycles. The van der Waals surface area contributed by atoms with E-state index >= 15 is 0 Å². The maximum atomic E-state index is 10.1. The molecule has 1 aliphatic rings. The van der Waals surface area contributed by atoms with Gasteiger partial charge in [-0.2, -0.15) is 0 Å². The number of aryl methyl sites for hydroxylation is 1. The third-order valence-corrected chi connectivity index (χ3v) is 2.73. The zero-order valence-corrected chi connectivity index (χ0v) is 9.36. The number of nitrogens with zero attached hydrogens (tertiary/aromatic N) is 1. The number of rotatable bonds is 3. The van der Waals surface area contributed by atoms with E-state index in [0.29, 0.717) is 37.7 Å². The highest BCUT2D eigenvalue weighted by atomic mass is 16.5. The molecule has 0 bridgehead atoms. The van der Waals surface area contributed by atoms with Crippen molar-refractivity contribution < 1.29 is 9.84 Å². The van der Waals surface area contributed by atoms with Crippen molar-refractivity contribution >= 4 is 11.5 Å². The molecule has 88 valence electrons. The van der Waals surface area contributed by atoms with Gasteiger partial charge in [-0.1, -0.05) is 0 Å². The number of aromatic nitrogens is 1. The van der Waals surface area contributed by atoms with Crippen LogP contribution in [0, 0.1) is 6.92 Å². The molecule has 0 aliphatic carbocycles. The van der Waals surface area contributed by atoms with Crippen molar-refractivity contribution in [1.29, 1.82) is 0 Å². The molecular formula is C11H17N3O2. The van der Waals surface area contributed by atoms with Gasteiger partial charge >= 0.3 is 0 Å². The molecule has 1 atom stereocenters. The summed E-state index contributed by atoms with van der Waals surface area (Å²) >= 11 is 0. The Balaban J connectivity index is 2.01. The van der Waals surface area contributed by atoms with E-state index in [9.17, 15) is 5.11 Å². The Kier molecular flexibility index (Phi) is 2.98. The SMILES string of the molecule is Cc1ccc(N)c(NCC2(O)CCOC2)n1. The van der Waals surface area contributed by atoms with Gasteiger partial charge in [-0.15, -0.1) is 0 Å². The first-order chi connectivity index (χ1) is 7.59. The Bertz CT molecular complexity index is 375. The molecule has 0 spiro atoms. The van der Waals surface area contributed by atoms with Gasteiger partial charge in [0.25, 0.3) is 0 Å². The highest BCUT2D eigenvalue weighted by Crippen LogP contribution is 2.21. The van der Waals surface area contributed by atoms with Gasteiger partial charge in [0.05, 0.1) is 12.3 Å². The molecule has 1 aliphatic heterocycles. The van der Waals surface area contributed by atoms with Crippen LogP contribution in [0.5, 0.6) is 0 Å². The maximum Gasteiger partial charge on any atom is 0.149 e. The van der Waals surface area contributed by atoms with Gasteiger partial charge in [0.1, 0.15) is 11.4 Å². The molecule has 4 N–H and O–H groups in total. The summed E-state index contributed by atoms with van der Waals surface area (Å²) in [6.45, 7) is 3.28. The lowest BCUT2D eigenvalue weighted by Gasteiger charge is -2.21. The zero-order chi connectivity index (χ0) is 11.6. The largest absolute Gasteiger partial charge is 0.396 e. The summed E-state index contributed by atoms with van der Waals surface area (Å²) in [5.41, 5.74) is 6.47. The van der Waals surface area contributed by atoms with Crippen LogP contribution in [0.25, 0.3) is 0 Å². The molecule has 0 radical (unpaired) electrons. The van der Waals surface area contributed by atoms with Crippen molar-refractivity contribution in [2.75, 3.05) is 30.8 Å². The van der Waals surface area contributed by atoms with E-state index in [-0.39, 0.29) is 0 Å². The molecule has 5 heteroatoms. The molecule has 5 nitrogen and oxygen atoms in total. The second-order valence-corrected chi connectivity index (χ2v) is 4.27. The number of hydrogen-bond donors (Lipinski definition) is 3. The van der Waals surface area contributed by atoms with Gasteiger partial charge in [-0.25, -0.2) is 4.98 Å². The molecular weight excluding hydrogens is 206 g/mol. The van der Waals surface area contributed by atoms with Crippen LogP contribution < -0.4 is 11.1 Å². The zero-order valence-electron chi connectivity index (χ0n) is 9.36. The molecule has 1 saturated heterocycles. The van der Waals surface area contributed by atoms with Crippen LogP contribution in [0.3, 0.4) is 0 Å². The van der Waals surface area contributed by atoms with E-state index in [0.717, 1.165) is 5.69 Å². The van der Waals surface area contributed by atoms with E-state index in [4.69, 9.17) is 10.5 Å². The number of anilines is 2. The van der Waals surface area contributed by atoms with Crippen LogP contribution in [0.1, 0.15) is 12.1 Å². The van der Waals surface area contributed by atoms with Gasteiger partial charge < -0.3 is 20.9 Å². The summed E-state index contributed by atoms with van der Waals surface area (Å²) in [6, 6.07) is 3.66. The lowest BCUT2D eigenvalue weighted by atomic mass is 10.0. The van der Waals surface area contributed by atoms with Crippen molar-refractivity contribution in [3.05, 3.63) is 17.8 Å². The van der Waals surface area contributed by atoms with Gasteiger partial charge in [-0.05, 0) is 19.1 Å². The number of ether oxygens (including phenoxy) is 1. The minimum Gasteiger partial charge on any atom is -0.396 e. The first kappa shape index (κ1) is 11.2. The van der Waals surface area contributed by atoms with Crippen molar-refractivity contribution in [3.8, 4) is 0 Å². The fourth-order valence-corrected chi connectivity index (χ4v) is 1.69. The first-order valence-electron chi connectivity index (χ1n) is 5.36. The topological polar surface area (TPSA) is 80.4 Å². The van der Waals surface area contributed by atoms with E-state index in [1.165, 1.54) is 0 Å². The lowest BCUT2D eigenvalue weighted by Crippen LogP contribution is -2.37. The third kappa shape index (κ3) is 2.43. The summed E-state index contributed by atoms with van der Waals surface area (Å²) < 4.78 is 5.16. The van der Waals surface area contributed by atoms with Crippen LogP contribution in [0.15, 0.2) is 12.1 Å². The fraction of sp³-hybridized carbons (Fsp3) is 0.545. The lowest BCUT2D eigenvalue weighted by molar-refractivity contribution is 0.0381. The molecule has 0 saturated carbocycles. The predicted molar refractivity (Wildman–Crippen MR) is 62.3 cm³/mol.